The Morgan fingerprint density at radius 3 is 2.45 bits per heavy atom. The van der Waals surface area contributed by atoms with Gasteiger partial charge in [0.15, 0.2) is 5.65 Å². The van der Waals surface area contributed by atoms with Gasteiger partial charge < -0.3 is 5.32 Å². The molecule has 0 unspecified atom stereocenters. The van der Waals surface area contributed by atoms with Crippen molar-refractivity contribution in [1.82, 2.24) is 19.9 Å². The van der Waals surface area contributed by atoms with Gasteiger partial charge in [0.05, 0.1) is 23.0 Å². The third-order valence-corrected chi connectivity index (χ3v) is 5.08. The number of hydrogen-bond acceptors (Lipinski definition) is 3. The fraction of sp³-hybridized carbons (Fsp3) is 0.174. The van der Waals surface area contributed by atoms with E-state index in [-0.39, 0.29) is 17.8 Å². The molecular formula is C23H21FN4O. The minimum Gasteiger partial charge on any atom is -0.345 e. The predicted octanol–water partition coefficient (Wildman–Crippen LogP) is 4.64. The predicted molar refractivity (Wildman–Crippen MR) is 110 cm³/mol. The summed E-state index contributed by atoms with van der Waals surface area (Å²) < 4.78 is 15.0. The lowest BCUT2D eigenvalue weighted by Gasteiger charge is -2.15. The van der Waals surface area contributed by atoms with Gasteiger partial charge in [-0.3, -0.25) is 4.79 Å². The summed E-state index contributed by atoms with van der Waals surface area (Å²) in [4.78, 5) is 17.4. The summed E-state index contributed by atoms with van der Waals surface area (Å²) in [6.45, 7) is 5.67. The third kappa shape index (κ3) is 3.49. The highest BCUT2D eigenvalue weighted by atomic mass is 19.1. The standard InChI is InChI=1S/C23H21FN4O/c1-14(17-7-5-4-6-8-17)26-23(29)20-13-25-22-21(15(2)27-28(22)16(20)3)18-9-11-19(24)12-10-18/h4-14H,1-3H3,(H,26,29)/t14-/m0/s1. The van der Waals surface area contributed by atoms with Gasteiger partial charge >= 0.3 is 0 Å². The molecule has 4 rings (SSSR count). The van der Waals surface area contributed by atoms with Crippen LogP contribution in [0.15, 0.2) is 60.8 Å². The lowest BCUT2D eigenvalue weighted by atomic mass is 10.1. The fourth-order valence-electron chi connectivity index (χ4n) is 3.48. The maximum Gasteiger partial charge on any atom is 0.255 e. The minimum absolute atomic E-state index is 0.132. The van der Waals surface area contributed by atoms with Gasteiger partial charge in [-0.05, 0) is 44.0 Å². The molecule has 0 saturated carbocycles. The number of benzene rings is 2. The minimum atomic E-state index is -0.293. The van der Waals surface area contributed by atoms with Gasteiger partial charge in [0.25, 0.3) is 5.91 Å². The van der Waals surface area contributed by atoms with Crippen LogP contribution in [0.2, 0.25) is 0 Å². The second-order valence-corrected chi connectivity index (χ2v) is 7.07. The molecule has 0 aliphatic rings. The topological polar surface area (TPSA) is 59.3 Å². The van der Waals surface area contributed by atoms with Crippen LogP contribution in [0.3, 0.4) is 0 Å². The lowest BCUT2D eigenvalue weighted by molar-refractivity contribution is 0.0938. The summed E-state index contributed by atoms with van der Waals surface area (Å²) in [6, 6.07) is 15.9. The van der Waals surface area contributed by atoms with Crippen LogP contribution in [0.4, 0.5) is 4.39 Å². The van der Waals surface area contributed by atoms with Gasteiger partial charge in [0.2, 0.25) is 0 Å². The summed E-state index contributed by atoms with van der Waals surface area (Å²) in [5, 5.41) is 7.59. The number of amides is 1. The molecule has 0 aliphatic carbocycles. The van der Waals surface area contributed by atoms with Crippen molar-refractivity contribution in [1.29, 1.82) is 0 Å². The van der Waals surface area contributed by atoms with Crippen molar-refractivity contribution in [2.45, 2.75) is 26.8 Å². The van der Waals surface area contributed by atoms with E-state index >= 15 is 0 Å². The van der Waals surface area contributed by atoms with Crippen LogP contribution in [0, 0.1) is 19.7 Å². The Bertz CT molecular complexity index is 1180. The van der Waals surface area contributed by atoms with E-state index in [9.17, 15) is 9.18 Å². The summed E-state index contributed by atoms with van der Waals surface area (Å²) in [7, 11) is 0. The first kappa shape index (κ1) is 18.8. The van der Waals surface area contributed by atoms with E-state index in [0.29, 0.717) is 16.9 Å². The average Bonchev–Trinajstić information content (AvgIpc) is 3.06. The molecule has 1 N–H and O–H groups in total. The first-order valence-electron chi connectivity index (χ1n) is 9.42. The third-order valence-electron chi connectivity index (χ3n) is 5.08. The molecule has 4 aromatic rings. The van der Waals surface area contributed by atoms with E-state index in [4.69, 9.17) is 0 Å². The highest BCUT2D eigenvalue weighted by Gasteiger charge is 2.20. The molecule has 29 heavy (non-hydrogen) atoms. The Kier molecular flexibility index (Phi) is 4.84. The number of carbonyl (C=O) groups excluding carboxylic acids is 1. The first-order valence-corrected chi connectivity index (χ1v) is 9.42. The van der Waals surface area contributed by atoms with Crippen molar-refractivity contribution in [3.05, 3.63) is 89.1 Å². The maximum atomic E-state index is 13.3. The molecule has 6 heteroatoms. The number of fused-ring (bicyclic) bond motifs is 1. The number of carbonyl (C=O) groups is 1. The van der Waals surface area contributed by atoms with Crippen LogP contribution >= 0.6 is 0 Å². The molecule has 0 aliphatic heterocycles. The molecular weight excluding hydrogens is 367 g/mol. The quantitative estimate of drug-likeness (QED) is 0.554. The van der Waals surface area contributed by atoms with Gasteiger partial charge in [-0.25, -0.2) is 13.9 Å². The second kappa shape index (κ2) is 7.47. The molecule has 146 valence electrons. The Balaban J connectivity index is 1.70. The Morgan fingerprint density at radius 1 is 1.07 bits per heavy atom. The first-order chi connectivity index (χ1) is 14.0. The van der Waals surface area contributed by atoms with Crippen LogP contribution in [-0.4, -0.2) is 20.5 Å². The summed E-state index contributed by atoms with van der Waals surface area (Å²) in [5.41, 5.74) is 5.26. The zero-order chi connectivity index (χ0) is 20.5. The van der Waals surface area contributed by atoms with Gasteiger partial charge in [-0.15, -0.1) is 0 Å². The molecule has 2 aromatic heterocycles. The SMILES string of the molecule is Cc1nn2c(C)c(C(=O)N[C@@H](C)c3ccccc3)cnc2c1-c1ccc(F)cc1. The van der Waals surface area contributed by atoms with Gasteiger partial charge in [-0.2, -0.15) is 5.10 Å². The zero-order valence-electron chi connectivity index (χ0n) is 16.5. The zero-order valence-corrected chi connectivity index (χ0v) is 16.5. The van der Waals surface area contributed by atoms with Crippen molar-refractivity contribution in [3.8, 4) is 11.1 Å². The monoisotopic (exact) mass is 388 g/mol. The second-order valence-electron chi connectivity index (χ2n) is 7.07. The molecule has 0 spiro atoms. The maximum absolute atomic E-state index is 13.3. The number of hydrogen-bond donors (Lipinski definition) is 1. The van der Waals surface area contributed by atoms with Gasteiger partial charge in [0.1, 0.15) is 5.82 Å². The lowest BCUT2D eigenvalue weighted by Crippen LogP contribution is -2.28. The van der Waals surface area contributed by atoms with Crippen LogP contribution in [-0.2, 0) is 0 Å². The van der Waals surface area contributed by atoms with E-state index in [1.54, 1.807) is 22.8 Å². The Morgan fingerprint density at radius 2 is 1.76 bits per heavy atom. The normalized spacial score (nSPS) is 12.1. The van der Waals surface area contributed by atoms with Gasteiger partial charge in [0, 0.05) is 11.8 Å². The number of rotatable bonds is 4. The largest absolute Gasteiger partial charge is 0.345 e. The smallest absolute Gasteiger partial charge is 0.255 e. The molecule has 2 heterocycles. The van der Waals surface area contributed by atoms with Crippen LogP contribution in [0.25, 0.3) is 16.8 Å². The van der Waals surface area contributed by atoms with E-state index < -0.39 is 0 Å². The summed E-state index contributed by atoms with van der Waals surface area (Å²) in [5.74, 6) is -0.497. The van der Waals surface area contributed by atoms with Gasteiger partial charge in [-0.1, -0.05) is 42.5 Å². The van der Waals surface area contributed by atoms with E-state index in [2.05, 4.69) is 15.4 Å². The van der Waals surface area contributed by atoms with E-state index in [1.165, 1.54) is 12.1 Å². The average molecular weight is 388 g/mol. The molecule has 5 nitrogen and oxygen atoms in total. The van der Waals surface area contributed by atoms with Crippen molar-refractivity contribution in [3.63, 3.8) is 0 Å². The number of halogens is 1. The van der Waals surface area contributed by atoms with E-state index in [0.717, 1.165) is 22.4 Å². The number of aromatic nitrogens is 3. The van der Waals surface area contributed by atoms with Crippen molar-refractivity contribution < 1.29 is 9.18 Å². The van der Waals surface area contributed by atoms with Crippen molar-refractivity contribution >= 4 is 11.6 Å². The number of nitrogens with zero attached hydrogens (tertiary/aromatic N) is 3. The summed E-state index contributed by atoms with van der Waals surface area (Å²) >= 11 is 0. The number of nitrogens with one attached hydrogen (secondary N) is 1. The molecule has 1 amide bonds. The molecule has 1 atom stereocenters. The fourth-order valence-corrected chi connectivity index (χ4v) is 3.48. The van der Waals surface area contributed by atoms with E-state index in [1.807, 2.05) is 51.1 Å². The molecule has 0 saturated heterocycles. The highest BCUT2D eigenvalue weighted by Crippen LogP contribution is 2.28. The number of aryl methyl sites for hydroxylation is 2. The Hall–Kier alpha value is -3.54. The van der Waals surface area contributed by atoms with Crippen LogP contribution in [0.5, 0.6) is 0 Å². The molecule has 0 radical (unpaired) electrons. The molecule has 0 bridgehead atoms. The summed E-state index contributed by atoms with van der Waals surface area (Å²) in [6.07, 6.45) is 1.58. The Labute approximate surface area is 168 Å². The highest BCUT2D eigenvalue weighted by molar-refractivity contribution is 5.95. The molecule has 0 fully saturated rings. The van der Waals surface area contributed by atoms with Crippen molar-refractivity contribution in [2.75, 3.05) is 0 Å². The van der Waals surface area contributed by atoms with Crippen LogP contribution < -0.4 is 5.32 Å². The van der Waals surface area contributed by atoms with Crippen LogP contribution in [0.1, 0.15) is 40.3 Å². The molecule has 2 aromatic carbocycles. The van der Waals surface area contributed by atoms with Crippen molar-refractivity contribution in [2.24, 2.45) is 0 Å².